The summed E-state index contributed by atoms with van der Waals surface area (Å²) in [7, 11) is 3.52. The van der Waals surface area contributed by atoms with Crippen molar-refractivity contribution in [3.05, 3.63) is 70.3 Å². The lowest BCUT2D eigenvalue weighted by Gasteiger charge is -2.46. The molecule has 1 amide bonds. The van der Waals surface area contributed by atoms with Crippen molar-refractivity contribution in [2.24, 2.45) is 7.05 Å². The van der Waals surface area contributed by atoms with E-state index < -0.39 is 23.1 Å². The number of alkyl halides is 3. The van der Waals surface area contributed by atoms with Gasteiger partial charge in [0.25, 0.3) is 5.91 Å². The SMILES string of the molecule is CO[C@H]1C[C@](c2cc(NCCC#N)cc(N3Cc4c(cc(CNC5(C)CCC5)cc4C(F)(F)F)C3=O)c2)(c2nncn2C)C1. The maximum atomic E-state index is 14.4. The van der Waals surface area contributed by atoms with Crippen molar-refractivity contribution in [1.82, 2.24) is 20.1 Å². The maximum Gasteiger partial charge on any atom is 0.416 e. The quantitative estimate of drug-likeness (QED) is 0.295. The number of carbonyl (C=O) groups is 1. The summed E-state index contributed by atoms with van der Waals surface area (Å²) in [5.41, 5.74) is 1.03. The number of aromatic nitrogens is 3. The van der Waals surface area contributed by atoms with Gasteiger partial charge in [0.1, 0.15) is 12.2 Å². The molecule has 44 heavy (non-hydrogen) atoms. The van der Waals surface area contributed by atoms with Crippen molar-refractivity contribution in [1.29, 1.82) is 5.26 Å². The molecular formula is C32H36F3N7O2. The van der Waals surface area contributed by atoms with Crippen LogP contribution < -0.4 is 15.5 Å². The molecule has 2 saturated carbocycles. The first-order chi connectivity index (χ1) is 21.0. The summed E-state index contributed by atoms with van der Waals surface area (Å²) >= 11 is 0. The van der Waals surface area contributed by atoms with Gasteiger partial charge in [0.15, 0.2) is 0 Å². The molecule has 1 aromatic heterocycles. The summed E-state index contributed by atoms with van der Waals surface area (Å²) < 4.78 is 50.7. The summed E-state index contributed by atoms with van der Waals surface area (Å²) in [6.07, 6.45) is 1.55. The van der Waals surface area contributed by atoms with Crippen LogP contribution in [0.1, 0.15) is 83.9 Å². The van der Waals surface area contributed by atoms with E-state index in [9.17, 15) is 18.0 Å². The number of rotatable bonds is 10. The van der Waals surface area contributed by atoms with Gasteiger partial charge in [0.05, 0.1) is 36.1 Å². The minimum absolute atomic E-state index is 0.00778. The van der Waals surface area contributed by atoms with Crippen LogP contribution in [-0.4, -0.2) is 46.0 Å². The molecule has 0 radical (unpaired) electrons. The monoisotopic (exact) mass is 607 g/mol. The van der Waals surface area contributed by atoms with Crippen LogP contribution >= 0.6 is 0 Å². The molecule has 6 rings (SSSR count). The molecule has 0 saturated heterocycles. The number of nitriles is 1. The van der Waals surface area contributed by atoms with Crippen molar-refractivity contribution in [3.63, 3.8) is 0 Å². The fourth-order valence-corrected chi connectivity index (χ4v) is 6.79. The molecule has 2 fully saturated rings. The molecule has 3 aromatic rings. The topological polar surface area (TPSA) is 108 Å². The second-order valence-electron chi connectivity index (χ2n) is 12.5. The fourth-order valence-electron chi connectivity index (χ4n) is 6.79. The number of ether oxygens (including phenoxy) is 1. The lowest BCUT2D eigenvalue weighted by atomic mass is 9.61. The molecule has 0 bridgehead atoms. The van der Waals surface area contributed by atoms with E-state index in [0.29, 0.717) is 36.3 Å². The second-order valence-corrected chi connectivity index (χ2v) is 12.5. The Kier molecular flexibility index (Phi) is 7.66. The molecular weight excluding hydrogens is 571 g/mol. The van der Waals surface area contributed by atoms with E-state index in [-0.39, 0.29) is 42.3 Å². The zero-order valence-corrected chi connectivity index (χ0v) is 25.1. The van der Waals surface area contributed by atoms with Crippen molar-refractivity contribution < 1.29 is 22.7 Å². The van der Waals surface area contributed by atoms with E-state index in [2.05, 4.69) is 33.8 Å². The van der Waals surface area contributed by atoms with E-state index in [0.717, 1.165) is 30.7 Å². The molecule has 2 aliphatic carbocycles. The Labute approximate surface area is 254 Å². The van der Waals surface area contributed by atoms with Crippen molar-refractivity contribution >= 4 is 17.3 Å². The molecule has 2 heterocycles. The van der Waals surface area contributed by atoms with E-state index in [1.807, 2.05) is 23.7 Å². The predicted molar refractivity (Wildman–Crippen MR) is 158 cm³/mol. The van der Waals surface area contributed by atoms with Gasteiger partial charge in [-0.15, -0.1) is 10.2 Å². The first-order valence-corrected chi connectivity index (χ1v) is 14.9. The first-order valence-electron chi connectivity index (χ1n) is 14.9. The number of hydrogen-bond donors (Lipinski definition) is 2. The largest absolute Gasteiger partial charge is 0.416 e. The Morgan fingerprint density at radius 1 is 1.18 bits per heavy atom. The third-order valence-corrected chi connectivity index (χ3v) is 9.56. The number of nitrogens with zero attached hydrogens (tertiary/aromatic N) is 5. The van der Waals surface area contributed by atoms with Crippen LogP contribution in [0.2, 0.25) is 0 Å². The molecule has 0 atom stereocenters. The van der Waals surface area contributed by atoms with Crippen molar-refractivity contribution in [2.45, 2.75) is 81.8 Å². The molecule has 0 spiro atoms. The summed E-state index contributed by atoms with van der Waals surface area (Å²) in [5.74, 6) is 0.261. The maximum absolute atomic E-state index is 14.4. The van der Waals surface area contributed by atoms with Gasteiger partial charge in [-0.25, -0.2) is 0 Å². The van der Waals surface area contributed by atoms with Gasteiger partial charge in [0.2, 0.25) is 0 Å². The lowest BCUT2D eigenvalue weighted by molar-refractivity contribution is -0.138. The zero-order valence-electron chi connectivity index (χ0n) is 25.1. The molecule has 12 heteroatoms. The van der Waals surface area contributed by atoms with E-state index in [4.69, 9.17) is 10.00 Å². The lowest BCUT2D eigenvalue weighted by Crippen LogP contribution is -2.48. The van der Waals surface area contributed by atoms with Crippen LogP contribution in [-0.2, 0) is 36.5 Å². The molecule has 2 aromatic carbocycles. The average Bonchev–Trinajstić information content (AvgIpc) is 3.53. The summed E-state index contributed by atoms with van der Waals surface area (Å²) in [4.78, 5) is 15.3. The molecule has 9 nitrogen and oxygen atoms in total. The average molecular weight is 608 g/mol. The van der Waals surface area contributed by atoms with Crippen LogP contribution in [0.5, 0.6) is 0 Å². The molecule has 0 unspecified atom stereocenters. The molecule has 1 aliphatic heterocycles. The predicted octanol–water partition coefficient (Wildman–Crippen LogP) is 5.45. The minimum Gasteiger partial charge on any atom is -0.384 e. The van der Waals surface area contributed by atoms with E-state index in [1.165, 1.54) is 11.0 Å². The Balaban J connectivity index is 1.40. The minimum atomic E-state index is -4.61. The van der Waals surface area contributed by atoms with Gasteiger partial charge in [-0.3, -0.25) is 4.79 Å². The van der Waals surface area contributed by atoms with Crippen LogP contribution in [0.15, 0.2) is 36.7 Å². The molecule has 232 valence electrons. The van der Waals surface area contributed by atoms with E-state index >= 15 is 0 Å². The molecule has 2 N–H and O–H groups in total. The van der Waals surface area contributed by atoms with Gasteiger partial charge in [0, 0.05) is 49.7 Å². The van der Waals surface area contributed by atoms with Gasteiger partial charge in [-0.2, -0.15) is 18.4 Å². The number of halogens is 3. The highest BCUT2D eigenvalue weighted by molar-refractivity contribution is 6.10. The van der Waals surface area contributed by atoms with Gasteiger partial charge >= 0.3 is 6.18 Å². The summed E-state index contributed by atoms with van der Waals surface area (Å²) in [6.45, 7) is 2.50. The van der Waals surface area contributed by atoms with Gasteiger partial charge in [-0.1, -0.05) is 0 Å². The van der Waals surface area contributed by atoms with E-state index in [1.54, 1.807) is 25.6 Å². The standard InChI is InChI=1S/C32H36F3N7O2/c1-30(6-4-7-30)38-17-20-10-25-26(27(11-20)32(33,34)35)18-42(28(25)43)23-13-21(12-22(14-23)37-9-5-8-36)31(15-24(16-31)44-3)29-40-39-19-41(29)2/h10-14,19,24,37-38H,4-7,9,15-18H2,1-3H3/t24-,31-. The van der Waals surface area contributed by atoms with Crippen molar-refractivity contribution in [3.8, 4) is 6.07 Å². The third-order valence-electron chi connectivity index (χ3n) is 9.56. The fraction of sp³-hybridized carbons (Fsp3) is 0.500. The number of hydrogen-bond acceptors (Lipinski definition) is 7. The number of amides is 1. The Morgan fingerprint density at radius 3 is 2.57 bits per heavy atom. The highest BCUT2D eigenvalue weighted by Crippen LogP contribution is 2.51. The van der Waals surface area contributed by atoms with Crippen LogP contribution in [0.25, 0.3) is 0 Å². The highest BCUT2D eigenvalue weighted by atomic mass is 19.4. The number of aryl methyl sites for hydroxylation is 1. The number of fused-ring (bicyclic) bond motifs is 1. The number of anilines is 2. The van der Waals surface area contributed by atoms with Gasteiger partial charge in [-0.05, 0) is 86.1 Å². The molecule has 3 aliphatic rings. The number of carbonyl (C=O) groups excluding carboxylic acids is 1. The second kappa shape index (κ2) is 11.2. The number of nitrogens with one attached hydrogen (secondary N) is 2. The first kappa shape index (κ1) is 30.1. The van der Waals surface area contributed by atoms with Crippen LogP contribution in [0.4, 0.5) is 24.5 Å². The van der Waals surface area contributed by atoms with Crippen LogP contribution in [0.3, 0.4) is 0 Å². The van der Waals surface area contributed by atoms with Gasteiger partial charge < -0.3 is 24.8 Å². The highest BCUT2D eigenvalue weighted by Gasteiger charge is 2.51. The van der Waals surface area contributed by atoms with Crippen LogP contribution in [0, 0.1) is 11.3 Å². The number of benzene rings is 2. The zero-order chi connectivity index (χ0) is 31.3. The third kappa shape index (κ3) is 5.32. The van der Waals surface area contributed by atoms with Crippen molar-refractivity contribution in [2.75, 3.05) is 23.9 Å². The Bertz CT molecular complexity index is 1620. The Hall–Kier alpha value is -3.95. The number of methoxy groups -OCH3 is 1. The Morgan fingerprint density at radius 2 is 1.95 bits per heavy atom. The summed E-state index contributed by atoms with van der Waals surface area (Å²) in [6, 6.07) is 10.5. The normalized spacial score (nSPS) is 22.2. The smallest absolute Gasteiger partial charge is 0.384 e. The summed E-state index contributed by atoms with van der Waals surface area (Å²) in [5, 5.41) is 24.2.